The summed E-state index contributed by atoms with van der Waals surface area (Å²) < 4.78 is 77.9. The van der Waals surface area contributed by atoms with Gasteiger partial charge in [-0.2, -0.15) is 0 Å². The summed E-state index contributed by atoms with van der Waals surface area (Å²) in [4.78, 5) is 0. The number of fused-ring (bicyclic) bond motifs is 7. The highest BCUT2D eigenvalue weighted by molar-refractivity contribution is 5.31. The summed E-state index contributed by atoms with van der Waals surface area (Å²) >= 11 is 0. The summed E-state index contributed by atoms with van der Waals surface area (Å²) in [5.74, 6) is 1.94. The molecule has 0 bridgehead atoms. The smallest absolute Gasteiger partial charge is 0.187 e. The molecule has 33 heteroatoms. The first-order chi connectivity index (χ1) is 45.4. The van der Waals surface area contributed by atoms with E-state index in [1.807, 2.05) is 13.8 Å². The molecule has 33 nitrogen and oxygen atoms in total. The molecule has 4 aliphatic carbocycles. The van der Waals surface area contributed by atoms with Crippen LogP contribution in [0.4, 0.5) is 0 Å². The molecule has 0 aromatic heterocycles. The molecule has 11 aliphatic rings. The zero-order valence-electron chi connectivity index (χ0n) is 54.2. The molecule has 7 heterocycles. The van der Waals surface area contributed by atoms with Gasteiger partial charge in [-0.3, -0.25) is 0 Å². The van der Waals surface area contributed by atoms with Crippen LogP contribution in [0.15, 0.2) is 23.0 Å². The second-order valence-electron chi connectivity index (χ2n) is 29.6. The van der Waals surface area contributed by atoms with E-state index in [1.54, 1.807) is 0 Å². The molecular formula is C63H102O33. The monoisotopic (exact) mass is 1390 g/mol. The van der Waals surface area contributed by atoms with Crippen LogP contribution in [0.2, 0.25) is 0 Å². The third-order valence-electron chi connectivity index (χ3n) is 23.0. The highest BCUT2D eigenvalue weighted by Crippen LogP contribution is 2.69. The minimum absolute atomic E-state index is 0.0152. The Morgan fingerprint density at radius 3 is 1.66 bits per heavy atom. The third kappa shape index (κ3) is 14.0. The van der Waals surface area contributed by atoms with Gasteiger partial charge in [-0.25, -0.2) is 0 Å². The summed E-state index contributed by atoms with van der Waals surface area (Å²) in [5, 5.41) is 217. The summed E-state index contributed by atoms with van der Waals surface area (Å²) in [7, 11) is 0. The molecule has 0 spiro atoms. The predicted molar refractivity (Wildman–Crippen MR) is 315 cm³/mol. The second-order valence-corrected chi connectivity index (χ2v) is 29.6. The average molecular weight is 1390 g/mol. The van der Waals surface area contributed by atoms with Gasteiger partial charge in [0.2, 0.25) is 0 Å². The lowest BCUT2D eigenvalue weighted by atomic mass is 9.47. The van der Waals surface area contributed by atoms with E-state index in [2.05, 4.69) is 26.8 Å². The van der Waals surface area contributed by atoms with Gasteiger partial charge in [0.05, 0.1) is 64.2 Å². The van der Waals surface area contributed by atoms with Crippen molar-refractivity contribution in [2.45, 2.75) is 282 Å². The zero-order chi connectivity index (χ0) is 69.5. The number of hydrogen-bond acceptors (Lipinski definition) is 33. The van der Waals surface area contributed by atoms with Crippen molar-refractivity contribution in [2.24, 2.45) is 39.9 Å². The average Bonchev–Trinajstić information content (AvgIpc) is 1.49. The van der Waals surface area contributed by atoms with Crippen LogP contribution in [0.3, 0.4) is 0 Å². The van der Waals surface area contributed by atoms with Gasteiger partial charge in [-0.1, -0.05) is 39.3 Å². The minimum atomic E-state index is -2.23. The van der Waals surface area contributed by atoms with Crippen molar-refractivity contribution in [2.75, 3.05) is 46.2 Å². The Hall–Kier alpha value is -2.00. The Kier molecular flexibility index (Phi) is 23.5. The summed E-state index contributed by atoms with van der Waals surface area (Å²) in [6.45, 7) is 5.93. The lowest BCUT2D eigenvalue weighted by molar-refractivity contribution is -0.409. The number of hydrogen-bond donors (Lipinski definition) is 20. The fraction of sp³-hybridized carbons (Fsp3) is 0.937. The van der Waals surface area contributed by atoms with Crippen LogP contribution in [-0.4, -0.2) is 345 Å². The molecule has 3 saturated carbocycles. The molecule has 11 rings (SSSR count). The quantitative estimate of drug-likeness (QED) is 0.0475. The number of ether oxygens (including phenoxy) is 13. The second kappa shape index (κ2) is 30.0. The van der Waals surface area contributed by atoms with Gasteiger partial charge in [0.15, 0.2) is 37.7 Å². The molecule has 6 saturated heterocycles. The standard InChI is InChI=1S/C63H102O33/c1-22-29(9-10-61(2,3)21-85-56-47(80)43(76)39(72)32(15-64)88-56)86-31-13-26-24-7-6-23-12-30(27(69)14-63(23,5)25(24)8-11-62(26,4)37(22)31)87-57-49(82)45(78)51(36(19-68)92-57)93-60-54(53(42(75)35(18-67)91-60)95-55-46(79)38(71)28(70)20-84-55)96-59-50(83)52(41(74)34(17-66)90-59)94-58-48(81)44(77)40(73)33(16-65)89-58/h6,24-28,30-60,64-83H,7-21H2,1-5H3. The number of aliphatic hydroxyl groups is 20. The van der Waals surface area contributed by atoms with E-state index in [1.165, 1.54) is 5.57 Å². The first-order valence-corrected chi connectivity index (χ1v) is 33.5. The molecule has 96 heavy (non-hydrogen) atoms. The van der Waals surface area contributed by atoms with Crippen molar-refractivity contribution in [3.8, 4) is 0 Å². The van der Waals surface area contributed by atoms with Gasteiger partial charge in [-0.05, 0) is 91.4 Å². The van der Waals surface area contributed by atoms with Gasteiger partial charge >= 0.3 is 0 Å². The van der Waals surface area contributed by atoms with Crippen LogP contribution < -0.4 is 0 Å². The van der Waals surface area contributed by atoms with Gasteiger partial charge in [-0.15, -0.1) is 0 Å². The third-order valence-corrected chi connectivity index (χ3v) is 23.0. The molecular weight excluding hydrogens is 1280 g/mol. The lowest BCUT2D eigenvalue weighted by Crippen LogP contribution is -2.69. The maximum atomic E-state index is 12.1. The van der Waals surface area contributed by atoms with Crippen molar-refractivity contribution >= 4 is 0 Å². The SMILES string of the molecule is CC1=C(CCC(C)(C)COC2OC(CO)C(O)C(O)C2O)OC2CC3C4CC=C5CC(OC6OC(CO)C(OC7OC(CO)C(O)C(OC8OCC(O)C(O)C8O)C7OC7OC(CO)C(O)C(OC8OC(CO)C(O)C(O)C8O)C7O)C(O)C6O)C(O)CC5(C)C4CCC3(C)C12. The van der Waals surface area contributed by atoms with Crippen LogP contribution >= 0.6 is 0 Å². The van der Waals surface area contributed by atoms with Crippen LogP contribution in [0, 0.1) is 39.9 Å². The van der Waals surface area contributed by atoms with E-state index >= 15 is 0 Å². The highest BCUT2D eigenvalue weighted by atomic mass is 16.8. The van der Waals surface area contributed by atoms with E-state index in [-0.39, 0.29) is 42.3 Å². The van der Waals surface area contributed by atoms with Gasteiger partial charge in [0.1, 0.15) is 146 Å². The van der Waals surface area contributed by atoms with Crippen LogP contribution in [0.1, 0.15) is 86.0 Å². The first kappa shape index (κ1) is 75.2. The van der Waals surface area contributed by atoms with Crippen LogP contribution in [-0.2, 0) is 61.6 Å². The maximum absolute atomic E-state index is 12.1. The van der Waals surface area contributed by atoms with Crippen molar-refractivity contribution < 1.29 is 164 Å². The minimum Gasteiger partial charge on any atom is -0.494 e. The normalized spacial score (nSPS) is 52.2. The molecule has 0 aromatic carbocycles. The molecule has 38 atom stereocenters. The molecule has 552 valence electrons. The highest BCUT2D eigenvalue weighted by Gasteiger charge is 2.65. The van der Waals surface area contributed by atoms with E-state index < -0.39 is 241 Å². The van der Waals surface area contributed by atoms with Crippen LogP contribution in [0.25, 0.3) is 0 Å². The summed E-state index contributed by atoms with van der Waals surface area (Å²) in [5.41, 5.74) is 1.37. The first-order valence-electron chi connectivity index (χ1n) is 33.5. The molecule has 38 unspecified atom stereocenters. The molecule has 20 N–H and O–H groups in total. The largest absolute Gasteiger partial charge is 0.494 e. The molecule has 0 radical (unpaired) electrons. The maximum Gasteiger partial charge on any atom is 0.187 e. The van der Waals surface area contributed by atoms with E-state index in [0.717, 1.165) is 37.0 Å². The molecule has 7 aliphatic heterocycles. The van der Waals surface area contributed by atoms with Crippen LogP contribution in [0.5, 0.6) is 0 Å². The van der Waals surface area contributed by atoms with Crippen molar-refractivity contribution in [3.63, 3.8) is 0 Å². The fourth-order valence-electron chi connectivity index (χ4n) is 17.4. The summed E-state index contributed by atoms with van der Waals surface area (Å²) in [6, 6.07) is 0. The van der Waals surface area contributed by atoms with E-state index in [0.29, 0.717) is 25.2 Å². The van der Waals surface area contributed by atoms with Crippen molar-refractivity contribution in [1.29, 1.82) is 0 Å². The Morgan fingerprint density at radius 2 is 1.02 bits per heavy atom. The Balaban J connectivity index is 0.760. The Morgan fingerprint density at radius 1 is 0.510 bits per heavy atom. The van der Waals surface area contributed by atoms with E-state index in [4.69, 9.17) is 61.6 Å². The number of allylic oxidation sites excluding steroid dienone is 2. The van der Waals surface area contributed by atoms with Crippen molar-refractivity contribution in [1.82, 2.24) is 0 Å². The van der Waals surface area contributed by atoms with E-state index in [9.17, 15) is 102 Å². The summed E-state index contributed by atoms with van der Waals surface area (Å²) in [6.07, 6.45) is -47.3. The Labute approximate surface area is 553 Å². The molecule has 0 aromatic rings. The number of rotatable bonds is 21. The predicted octanol–water partition coefficient (Wildman–Crippen LogP) is -7.44. The van der Waals surface area contributed by atoms with Crippen molar-refractivity contribution in [3.05, 3.63) is 23.0 Å². The van der Waals surface area contributed by atoms with Gasteiger partial charge in [0.25, 0.3) is 0 Å². The Bertz CT molecular complexity index is 2640. The molecule has 0 amide bonds. The fourth-order valence-corrected chi connectivity index (χ4v) is 17.4. The molecule has 9 fully saturated rings. The number of aliphatic hydroxyl groups excluding tert-OH is 20. The topological polar surface area (TPSA) is 525 Å². The zero-order valence-corrected chi connectivity index (χ0v) is 54.2. The van der Waals surface area contributed by atoms with Gasteiger partial charge in [0, 0.05) is 12.3 Å². The lowest BCUT2D eigenvalue weighted by Gasteiger charge is -2.58. The van der Waals surface area contributed by atoms with Gasteiger partial charge < -0.3 is 164 Å².